The smallest absolute Gasteiger partial charge is 0.335 e. The molecule has 0 aromatic heterocycles. The third kappa shape index (κ3) is 4.02. The van der Waals surface area contributed by atoms with Gasteiger partial charge in [-0.1, -0.05) is 29.8 Å². The highest BCUT2D eigenvalue weighted by molar-refractivity contribution is 5.88. The summed E-state index contributed by atoms with van der Waals surface area (Å²) in [5.41, 5.74) is 3.88. The molecule has 0 spiro atoms. The topological polar surface area (TPSA) is 49.8 Å². The molecule has 0 atom stereocenters. The zero-order valence-electron chi connectivity index (χ0n) is 14.9. The molecule has 25 heavy (non-hydrogen) atoms. The van der Waals surface area contributed by atoms with Gasteiger partial charge in [0.1, 0.15) is 0 Å². The Labute approximate surface area is 149 Å². The van der Waals surface area contributed by atoms with Crippen LogP contribution >= 0.6 is 0 Å². The second-order valence-corrected chi connectivity index (χ2v) is 6.89. The number of carboxylic acid groups (broad SMARTS) is 1. The lowest BCUT2D eigenvalue weighted by Gasteiger charge is -2.42. The van der Waals surface area contributed by atoms with Gasteiger partial charge in [-0.2, -0.15) is 0 Å². The minimum absolute atomic E-state index is 0.120. The second kappa shape index (κ2) is 7.28. The zero-order chi connectivity index (χ0) is 17.9. The van der Waals surface area contributed by atoms with Gasteiger partial charge >= 0.3 is 5.97 Å². The van der Waals surface area contributed by atoms with Crippen LogP contribution in [0.3, 0.4) is 0 Å². The summed E-state index contributed by atoms with van der Waals surface area (Å²) in [6, 6.07) is 15.8. The van der Waals surface area contributed by atoms with E-state index in [1.807, 2.05) is 19.2 Å². The maximum absolute atomic E-state index is 11.0. The maximum Gasteiger partial charge on any atom is 0.335 e. The molecule has 2 aromatic carbocycles. The molecule has 1 aliphatic rings. The molecule has 4 heteroatoms. The van der Waals surface area contributed by atoms with E-state index >= 15 is 0 Å². The van der Waals surface area contributed by atoms with E-state index in [2.05, 4.69) is 36.1 Å². The van der Waals surface area contributed by atoms with Crippen LogP contribution < -0.4 is 4.90 Å². The fourth-order valence-corrected chi connectivity index (χ4v) is 3.63. The van der Waals surface area contributed by atoms with Gasteiger partial charge in [0, 0.05) is 32.3 Å². The molecule has 4 nitrogen and oxygen atoms in total. The van der Waals surface area contributed by atoms with Gasteiger partial charge in [0.15, 0.2) is 0 Å². The van der Waals surface area contributed by atoms with Crippen LogP contribution in [0, 0.1) is 6.92 Å². The molecule has 1 aliphatic heterocycles. The molecule has 1 N–H and O–H groups in total. The maximum atomic E-state index is 11.0. The SMILES string of the molecule is COC1(Cc2cccc(C)c2)CCN(c2ccc(C(=O)O)cc2)CC1. The van der Waals surface area contributed by atoms with E-state index in [4.69, 9.17) is 9.84 Å². The molecule has 1 saturated heterocycles. The van der Waals surface area contributed by atoms with Crippen LogP contribution in [0.15, 0.2) is 48.5 Å². The summed E-state index contributed by atoms with van der Waals surface area (Å²) in [4.78, 5) is 13.3. The van der Waals surface area contributed by atoms with Crippen LogP contribution in [0.2, 0.25) is 0 Å². The van der Waals surface area contributed by atoms with Crippen LogP contribution in [0.4, 0.5) is 5.69 Å². The summed E-state index contributed by atoms with van der Waals surface area (Å²) in [5, 5.41) is 9.02. The highest BCUT2D eigenvalue weighted by Gasteiger charge is 2.34. The highest BCUT2D eigenvalue weighted by Crippen LogP contribution is 2.32. The van der Waals surface area contributed by atoms with Crippen LogP contribution in [-0.2, 0) is 11.2 Å². The van der Waals surface area contributed by atoms with Gasteiger partial charge in [0.2, 0.25) is 0 Å². The van der Waals surface area contributed by atoms with E-state index in [9.17, 15) is 4.79 Å². The number of piperidine rings is 1. The predicted molar refractivity (Wildman–Crippen MR) is 99.5 cm³/mol. The van der Waals surface area contributed by atoms with Crippen LogP contribution in [0.5, 0.6) is 0 Å². The molecular formula is C21H25NO3. The number of hydrogen-bond acceptors (Lipinski definition) is 3. The first-order valence-corrected chi connectivity index (χ1v) is 8.70. The van der Waals surface area contributed by atoms with E-state index < -0.39 is 5.97 Å². The Morgan fingerprint density at radius 1 is 1.16 bits per heavy atom. The van der Waals surface area contributed by atoms with Crippen molar-refractivity contribution in [3.63, 3.8) is 0 Å². The van der Waals surface area contributed by atoms with Crippen molar-refractivity contribution in [1.82, 2.24) is 0 Å². The Morgan fingerprint density at radius 3 is 2.40 bits per heavy atom. The van der Waals surface area contributed by atoms with Crippen molar-refractivity contribution >= 4 is 11.7 Å². The summed E-state index contributed by atoms with van der Waals surface area (Å²) in [6.07, 6.45) is 2.84. The number of benzene rings is 2. The molecule has 0 unspecified atom stereocenters. The van der Waals surface area contributed by atoms with Crippen molar-refractivity contribution < 1.29 is 14.6 Å². The van der Waals surface area contributed by atoms with Gasteiger partial charge in [-0.3, -0.25) is 0 Å². The Hall–Kier alpha value is -2.33. The largest absolute Gasteiger partial charge is 0.478 e. The summed E-state index contributed by atoms with van der Waals surface area (Å²) >= 11 is 0. The first-order valence-electron chi connectivity index (χ1n) is 8.70. The van der Waals surface area contributed by atoms with Crippen molar-refractivity contribution in [3.05, 3.63) is 65.2 Å². The molecule has 0 saturated carbocycles. The first-order chi connectivity index (χ1) is 12.0. The number of nitrogens with zero attached hydrogens (tertiary/aromatic N) is 1. The van der Waals surface area contributed by atoms with Crippen molar-refractivity contribution in [1.29, 1.82) is 0 Å². The third-order valence-corrected chi connectivity index (χ3v) is 5.20. The average molecular weight is 339 g/mol. The van der Waals surface area contributed by atoms with Crippen LogP contribution in [0.1, 0.15) is 34.3 Å². The average Bonchev–Trinajstić information content (AvgIpc) is 2.62. The van der Waals surface area contributed by atoms with Gasteiger partial charge in [-0.15, -0.1) is 0 Å². The van der Waals surface area contributed by atoms with Crippen molar-refractivity contribution in [2.75, 3.05) is 25.1 Å². The summed E-state index contributed by atoms with van der Waals surface area (Å²) < 4.78 is 5.95. The fraction of sp³-hybridized carbons (Fsp3) is 0.381. The summed E-state index contributed by atoms with van der Waals surface area (Å²) in [5.74, 6) is -0.887. The van der Waals surface area contributed by atoms with E-state index in [1.54, 1.807) is 12.1 Å². The number of aryl methyl sites for hydroxylation is 1. The Morgan fingerprint density at radius 2 is 1.84 bits per heavy atom. The highest BCUT2D eigenvalue weighted by atomic mass is 16.5. The number of aromatic carboxylic acids is 1. The lowest BCUT2D eigenvalue weighted by atomic mass is 9.84. The Bertz CT molecular complexity index is 731. The van der Waals surface area contributed by atoms with Gasteiger partial charge < -0.3 is 14.7 Å². The first kappa shape index (κ1) is 17.5. The van der Waals surface area contributed by atoms with E-state index in [1.165, 1.54) is 11.1 Å². The lowest BCUT2D eigenvalue weighted by molar-refractivity contribution is -0.0289. The van der Waals surface area contributed by atoms with Crippen LogP contribution in [-0.4, -0.2) is 36.9 Å². The van der Waals surface area contributed by atoms with Gasteiger partial charge in [-0.25, -0.2) is 4.79 Å². The number of rotatable bonds is 5. The molecule has 0 radical (unpaired) electrons. The standard InChI is InChI=1S/C21H25NO3/c1-16-4-3-5-17(14-16)15-21(25-2)10-12-22(13-11-21)19-8-6-18(7-9-19)20(23)24/h3-9,14H,10-13,15H2,1-2H3,(H,23,24). The fourth-order valence-electron chi connectivity index (χ4n) is 3.63. The predicted octanol–water partition coefficient (Wildman–Crippen LogP) is 3.92. The lowest BCUT2D eigenvalue weighted by Crippen LogP contribution is -2.47. The second-order valence-electron chi connectivity index (χ2n) is 6.89. The molecular weight excluding hydrogens is 314 g/mol. The minimum Gasteiger partial charge on any atom is -0.478 e. The van der Waals surface area contributed by atoms with Crippen molar-refractivity contribution in [2.24, 2.45) is 0 Å². The molecule has 0 amide bonds. The monoisotopic (exact) mass is 339 g/mol. The number of ether oxygens (including phenoxy) is 1. The van der Waals surface area contributed by atoms with Crippen LogP contribution in [0.25, 0.3) is 0 Å². The molecule has 0 aliphatic carbocycles. The number of carboxylic acids is 1. The third-order valence-electron chi connectivity index (χ3n) is 5.20. The number of methoxy groups -OCH3 is 1. The summed E-state index contributed by atoms with van der Waals surface area (Å²) in [7, 11) is 1.81. The Balaban J connectivity index is 1.67. The summed E-state index contributed by atoms with van der Waals surface area (Å²) in [6.45, 7) is 3.94. The number of anilines is 1. The quantitative estimate of drug-likeness (QED) is 0.897. The van der Waals surface area contributed by atoms with E-state index in [0.29, 0.717) is 5.56 Å². The Kier molecular flexibility index (Phi) is 5.09. The number of hydrogen-bond donors (Lipinski definition) is 1. The molecule has 2 aromatic rings. The van der Waals surface area contributed by atoms with E-state index in [-0.39, 0.29) is 5.60 Å². The zero-order valence-corrected chi connectivity index (χ0v) is 14.9. The van der Waals surface area contributed by atoms with Crippen molar-refractivity contribution in [3.8, 4) is 0 Å². The van der Waals surface area contributed by atoms with Crippen molar-refractivity contribution in [2.45, 2.75) is 31.8 Å². The normalized spacial score (nSPS) is 16.6. The minimum atomic E-state index is -0.887. The molecule has 3 rings (SSSR count). The van der Waals surface area contributed by atoms with Gasteiger partial charge in [0.05, 0.1) is 11.2 Å². The van der Waals surface area contributed by atoms with E-state index in [0.717, 1.165) is 38.0 Å². The molecule has 1 heterocycles. The molecule has 0 bridgehead atoms. The number of carbonyl (C=O) groups is 1. The molecule has 1 fully saturated rings. The van der Waals surface area contributed by atoms with Gasteiger partial charge in [-0.05, 0) is 49.6 Å². The molecule has 132 valence electrons. The van der Waals surface area contributed by atoms with Gasteiger partial charge in [0.25, 0.3) is 0 Å².